The molecule has 3 rings (SSSR count). The summed E-state index contributed by atoms with van der Waals surface area (Å²) in [5.41, 5.74) is 5.07. The maximum absolute atomic E-state index is 12.7. The minimum atomic E-state index is -0.255. The van der Waals surface area contributed by atoms with Crippen molar-refractivity contribution in [1.82, 2.24) is 15.1 Å². The van der Waals surface area contributed by atoms with Gasteiger partial charge in [0.15, 0.2) is 5.11 Å². The van der Waals surface area contributed by atoms with Gasteiger partial charge in [-0.3, -0.25) is 4.68 Å². The van der Waals surface area contributed by atoms with Crippen LogP contribution in [-0.4, -0.2) is 27.5 Å². The summed E-state index contributed by atoms with van der Waals surface area (Å²) >= 11 is 7.18. The molecule has 0 saturated heterocycles. The van der Waals surface area contributed by atoms with Gasteiger partial charge in [-0.05, 0) is 64.2 Å². The zero-order valence-corrected chi connectivity index (χ0v) is 19.3. The van der Waals surface area contributed by atoms with Crippen molar-refractivity contribution in [3.05, 3.63) is 33.0 Å². The van der Waals surface area contributed by atoms with Crippen molar-refractivity contribution in [2.75, 3.05) is 11.9 Å². The van der Waals surface area contributed by atoms with Crippen LogP contribution >= 0.6 is 23.6 Å². The Morgan fingerprint density at radius 3 is 2.62 bits per heavy atom. The second-order valence-corrected chi connectivity index (χ2v) is 8.94. The fourth-order valence-electron chi connectivity index (χ4n) is 3.82. The van der Waals surface area contributed by atoms with E-state index in [1.165, 1.54) is 17.7 Å². The molecule has 0 radical (unpaired) electrons. The lowest BCUT2D eigenvalue weighted by atomic mass is 9.96. The summed E-state index contributed by atoms with van der Waals surface area (Å²) in [6.07, 6.45) is 6.68. The van der Waals surface area contributed by atoms with Gasteiger partial charge in [0.25, 0.3) is 0 Å². The predicted octanol–water partition coefficient (Wildman–Crippen LogP) is 4.42. The number of carbonyl (C=O) groups is 1. The Hall–Kier alpha value is -1.93. The largest absolute Gasteiger partial charge is 0.462 e. The number of nitrogens with zero attached hydrogens (tertiary/aromatic N) is 2. The number of thiophene rings is 1. The number of hydrogen-bond acceptors (Lipinski definition) is 5. The van der Waals surface area contributed by atoms with Crippen LogP contribution < -0.4 is 10.6 Å². The molecule has 0 saturated carbocycles. The average molecular weight is 435 g/mol. The summed E-state index contributed by atoms with van der Waals surface area (Å²) in [7, 11) is 1.94. The molecular formula is C21H30N4O2S2. The number of carbonyl (C=O) groups excluding carboxylic acids is 1. The molecule has 158 valence electrons. The third kappa shape index (κ3) is 4.98. The molecule has 2 aromatic heterocycles. The molecule has 0 aliphatic heterocycles. The molecule has 0 atom stereocenters. The maximum Gasteiger partial charge on any atom is 0.341 e. The Bertz CT molecular complexity index is 901. The zero-order valence-electron chi connectivity index (χ0n) is 17.7. The third-order valence-corrected chi connectivity index (χ3v) is 6.92. The van der Waals surface area contributed by atoms with E-state index in [2.05, 4.69) is 15.7 Å². The number of ether oxygens (including phenoxy) is 1. The van der Waals surface area contributed by atoms with Crippen molar-refractivity contribution in [2.45, 2.75) is 65.8 Å². The second kappa shape index (κ2) is 9.71. The molecular weight excluding hydrogens is 404 g/mol. The number of fused-ring (bicyclic) bond motifs is 1. The van der Waals surface area contributed by atoms with Crippen LogP contribution in [0.3, 0.4) is 0 Å². The van der Waals surface area contributed by atoms with E-state index in [1.54, 1.807) is 11.3 Å². The number of rotatable bonds is 5. The molecule has 2 heterocycles. The lowest BCUT2D eigenvalue weighted by molar-refractivity contribution is 0.0526. The van der Waals surface area contributed by atoms with E-state index in [0.717, 1.165) is 53.2 Å². The summed E-state index contributed by atoms with van der Waals surface area (Å²) in [4.78, 5) is 14.0. The van der Waals surface area contributed by atoms with Gasteiger partial charge in [-0.25, -0.2) is 4.79 Å². The van der Waals surface area contributed by atoms with E-state index in [1.807, 2.05) is 32.5 Å². The van der Waals surface area contributed by atoms with Gasteiger partial charge in [-0.15, -0.1) is 11.3 Å². The maximum atomic E-state index is 12.7. The molecule has 0 amide bonds. The Morgan fingerprint density at radius 1 is 1.24 bits per heavy atom. The SMILES string of the molecule is CCOC(=O)c1c(NC(=S)NCc2c(C)nn(C)c2C)sc2c1CCCCCC2. The van der Waals surface area contributed by atoms with Crippen LogP contribution in [0.5, 0.6) is 0 Å². The van der Waals surface area contributed by atoms with Crippen LogP contribution in [0.1, 0.15) is 70.4 Å². The molecule has 6 nitrogen and oxygen atoms in total. The highest BCUT2D eigenvalue weighted by atomic mass is 32.1. The average Bonchev–Trinajstić information content (AvgIpc) is 3.09. The highest BCUT2D eigenvalue weighted by molar-refractivity contribution is 7.80. The number of esters is 1. The number of thiocarbonyl (C=S) groups is 1. The highest BCUT2D eigenvalue weighted by Gasteiger charge is 2.25. The van der Waals surface area contributed by atoms with Gasteiger partial charge in [-0.2, -0.15) is 5.10 Å². The predicted molar refractivity (Wildman–Crippen MR) is 122 cm³/mol. The molecule has 2 N–H and O–H groups in total. The molecule has 0 spiro atoms. The molecule has 1 aliphatic rings. The van der Waals surface area contributed by atoms with Crippen LogP contribution in [0.15, 0.2) is 0 Å². The molecule has 0 unspecified atom stereocenters. The van der Waals surface area contributed by atoms with Gasteiger partial charge in [0.2, 0.25) is 0 Å². The van der Waals surface area contributed by atoms with Gasteiger partial charge in [0.1, 0.15) is 5.00 Å². The summed E-state index contributed by atoms with van der Waals surface area (Å²) in [6.45, 7) is 6.85. The standard InChI is InChI=1S/C21H30N4O2S2/c1-5-27-20(26)18-15-10-8-6-7-9-11-17(15)29-19(18)23-21(28)22-12-16-13(2)24-25(4)14(16)3/h5-12H2,1-4H3,(H2,22,23,28). The van der Waals surface area contributed by atoms with Gasteiger partial charge >= 0.3 is 5.97 Å². The fraction of sp³-hybridized carbons (Fsp3) is 0.571. The van der Waals surface area contributed by atoms with Crippen molar-refractivity contribution in [3.63, 3.8) is 0 Å². The monoisotopic (exact) mass is 434 g/mol. The van der Waals surface area contributed by atoms with Gasteiger partial charge in [0, 0.05) is 29.7 Å². The quantitative estimate of drug-likeness (QED) is 0.536. The van der Waals surface area contributed by atoms with Crippen LogP contribution in [0, 0.1) is 13.8 Å². The lowest BCUT2D eigenvalue weighted by Crippen LogP contribution is -2.28. The van der Waals surface area contributed by atoms with Gasteiger partial charge < -0.3 is 15.4 Å². The molecule has 0 aromatic carbocycles. The summed E-state index contributed by atoms with van der Waals surface area (Å²) < 4.78 is 7.24. The Balaban J connectivity index is 1.78. The lowest BCUT2D eigenvalue weighted by Gasteiger charge is -2.13. The molecule has 1 aliphatic carbocycles. The van der Waals surface area contributed by atoms with Crippen LogP contribution in [0.4, 0.5) is 5.00 Å². The first-order valence-electron chi connectivity index (χ1n) is 10.3. The fourth-order valence-corrected chi connectivity index (χ4v) is 5.34. The molecule has 2 aromatic rings. The summed E-state index contributed by atoms with van der Waals surface area (Å²) in [5, 5.41) is 12.3. The summed E-state index contributed by atoms with van der Waals surface area (Å²) in [5.74, 6) is -0.255. The van der Waals surface area contributed by atoms with Crippen LogP contribution in [0.25, 0.3) is 0 Å². The minimum absolute atomic E-state index is 0.255. The highest BCUT2D eigenvalue weighted by Crippen LogP contribution is 2.37. The summed E-state index contributed by atoms with van der Waals surface area (Å²) in [6, 6.07) is 0. The normalized spacial score (nSPS) is 13.9. The third-order valence-electron chi connectivity index (χ3n) is 5.46. The van der Waals surface area contributed by atoms with Crippen molar-refractivity contribution in [1.29, 1.82) is 0 Å². The van der Waals surface area contributed by atoms with E-state index >= 15 is 0 Å². The van der Waals surface area contributed by atoms with E-state index in [4.69, 9.17) is 17.0 Å². The Labute approximate surface area is 182 Å². The number of nitrogens with one attached hydrogen (secondary N) is 2. The van der Waals surface area contributed by atoms with Crippen molar-refractivity contribution < 1.29 is 9.53 Å². The smallest absolute Gasteiger partial charge is 0.341 e. The van der Waals surface area contributed by atoms with E-state index < -0.39 is 0 Å². The van der Waals surface area contributed by atoms with Crippen LogP contribution in [-0.2, 0) is 31.2 Å². The van der Waals surface area contributed by atoms with Crippen molar-refractivity contribution in [3.8, 4) is 0 Å². The van der Waals surface area contributed by atoms with Gasteiger partial charge in [0.05, 0.1) is 17.9 Å². The van der Waals surface area contributed by atoms with E-state index in [0.29, 0.717) is 23.8 Å². The molecule has 0 fully saturated rings. The van der Waals surface area contributed by atoms with Gasteiger partial charge in [-0.1, -0.05) is 12.8 Å². The number of anilines is 1. The second-order valence-electron chi connectivity index (χ2n) is 7.42. The Morgan fingerprint density at radius 2 is 1.97 bits per heavy atom. The number of aryl methyl sites for hydroxylation is 3. The van der Waals surface area contributed by atoms with E-state index in [9.17, 15) is 4.79 Å². The number of hydrogen-bond donors (Lipinski definition) is 2. The number of aromatic nitrogens is 2. The van der Waals surface area contributed by atoms with E-state index in [-0.39, 0.29) is 5.97 Å². The molecule has 8 heteroatoms. The first kappa shape index (κ1) is 21.8. The van der Waals surface area contributed by atoms with Crippen LogP contribution in [0.2, 0.25) is 0 Å². The molecule has 0 bridgehead atoms. The Kier molecular flexibility index (Phi) is 7.29. The zero-order chi connectivity index (χ0) is 21.0. The van der Waals surface area contributed by atoms with Crippen molar-refractivity contribution >= 4 is 39.6 Å². The molecule has 29 heavy (non-hydrogen) atoms. The van der Waals surface area contributed by atoms with Crippen molar-refractivity contribution in [2.24, 2.45) is 7.05 Å². The topological polar surface area (TPSA) is 68.2 Å². The first-order valence-corrected chi connectivity index (χ1v) is 11.5. The minimum Gasteiger partial charge on any atom is -0.462 e. The first-order chi connectivity index (χ1) is 13.9.